The molecule has 4 nitrogen and oxygen atoms in total. The van der Waals surface area contributed by atoms with Crippen LogP contribution in [0.1, 0.15) is 11.1 Å². The van der Waals surface area contributed by atoms with E-state index in [2.05, 4.69) is 14.8 Å². The third-order valence-corrected chi connectivity index (χ3v) is 3.73. The summed E-state index contributed by atoms with van der Waals surface area (Å²) in [5.74, 6) is -1.21. The van der Waals surface area contributed by atoms with E-state index in [-0.39, 0.29) is 16.9 Å². The minimum Gasteiger partial charge on any atom is -0.435 e. The molecule has 0 radical (unpaired) electrons. The van der Waals surface area contributed by atoms with Crippen LogP contribution >= 0.6 is 11.6 Å². The smallest absolute Gasteiger partial charge is 0.387 e. The van der Waals surface area contributed by atoms with Gasteiger partial charge in [0, 0.05) is 27.8 Å². The normalized spacial score (nSPS) is 14.7. The Morgan fingerprint density at radius 3 is 2.42 bits per heavy atom. The number of alkyl halides is 4. The van der Waals surface area contributed by atoms with E-state index in [9.17, 15) is 22.4 Å². The highest BCUT2D eigenvalue weighted by molar-refractivity contribution is 6.36. The van der Waals surface area contributed by atoms with Gasteiger partial charge in [0.1, 0.15) is 11.5 Å². The summed E-state index contributed by atoms with van der Waals surface area (Å²) in [6.45, 7) is -6.30. The van der Waals surface area contributed by atoms with Crippen LogP contribution in [0.4, 0.5) is 23.2 Å². The number of hydrogen-bond acceptors (Lipinski definition) is 3. The fourth-order valence-corrected chi connectivity index (χ4v) is 2.65. The van der Waals surface area contributed by atoms with Crippen LogP contribution in [0.2, 0.25) is 5.02 Å². The van der Waals surface area contributed by atoms with Crippen LogP contribution in [0.25, 0.3) is 11.6 Å². The van der Waals surface area contributed by atoms with Gasteiger partial charge < -0.3 is 14.8 Å². The molecule has 0 saturated carbocycles. The first-order chi connectivity index (χ1) is 12.3. The zero-order valence-electron chi connectivity index (χ0n) is 12.8. The number of benzene rings is 2. The summed E-state index contributed by atoms with van der Waals surface area (Å²) in [6.07, 6.45) is 1.32. The van der Waals surface area contributed by atoms with Crippen molar-refractivity contribution in [3.8, 4) is 11.5 Å². The highest BCUT2D eigenvalue weighted by atomic mass is 35.5. The maximum absolute atomic E-state index is 12.6. The Bertz CT molecular complexity index is 886. The largest absolute Gasteiger partial charge is 0.435 e. The van der Waals surface area contributed by atoms with E-state index in [4.69, 9.17) is 11.6 Å². The quantitative estimate of drug-likeness (QED) is 0.578. The molecule has 1 aliphatic heterocycles. The molecule has 26 heavy (non-hydrogen) atoms. The molecule has 0 aliphatic carbocycles. The summed E-state index contributed by atoms with van der Waals surface area (Å²) in [4.78, 5) is 12.2. The molecule has 0 spiro atoms. The lowest BCUT2D eigenvalue weighted by Crippen LogP contribution is -2.06. The van der Waals surface area contributed by atoms with Crippen molar-refractivity contribution >= 4 is 34.8 Å². The standard InChI is InChI=1S/C17H10ClF4NO3/c18-9-2-4-11-12(15(24)23-13(11)6-9)5-8-1-3-10(25-16(19)20)7-14(8)26-17(21)22/h1-7,16-17H,(H,23,24)/b12-5+. The summed E-state index contributed by atoms with van der Waals surface area (Å²) in [5, 5.41) is 3.02. The second kappa shape index (κ2) is 7.25. The second-order valence-electron chi connectivity index (χ2n) is 5.16. The fraction of sp³-hybridized carbons (Fsp3) is 0.118. The van der Waals surface area contributed by atoms with Crippen LogP contribution in [0.5, 0.6) is 11.5 Å². The maximum Gasteiger partial charge on any atom is 0.387 e. The van der Waals surface area contributed by atoms with Gasteiger partial charge in [-0.05, 0) is 30.3 Å². The molecule has 1 aliphatic rings. The third-order valence-electron chi connectivity index (χ3n) is 3.49. The van der Waals surface area contributed by atoms with Gasteiger partial charge in [0.15, 0.2) is 0 Å². The van der Waals surface area contributed by atoms with E-state index in [0.717, 1.165) is 12.1 Å². The minimum absolute atomic E-state index is 0.0971. The van der Waals surface area contributed by atoms with E-state index in [1.54, 1.807) is 18.2 Å². The van der Waals surface area contributed by atoms with Crippen molar-refractivity contribution in [2.75, 3.05) is 5.32 Å². The van der Waals surface area contributed by atoms with E-state index < -0.39 is 24.9 Å². The number of nitrogens with one attached hydrogen (secondary N) is 1. The maximum atomic E-state index is 12.6. The SMILES string of the molecule is O=C1Nc2cc(Cl)ccc2/C1=C\c1ccc(OC(F)F)cc1OC(F)F. The predicted molar refractivity (Wildman–Crippen MR) is 87.7 cm³/mol. The zero-order chi connectivity index (χ0) is 18.8. The van der Waals surface area contributed by atoms with Gasteiger partial charge >= 0.3 is 13.2 Å². The van der Waals surface area contributed by atoms with Crippen molar-refractivity contribution in [1.82, 2.24) is 0 Å². The Labute approximate surface area is 150 Å². The molecule has 9 heteroatoms. The molecule has 0 bridgehead atoms. The summed E-state index contributed by atoms with van der Waals surface area (Å²) in [5.41, 5.74) is 1.29. The number of anilines is 1. The number of fused-ring (bicyclic) bond motifs is 1. The number of ether oxygens (including phenoxy) is 2. The lowest BCUT2D eigenvalue weighted by Gasteiger charge is -2.11. The van der Waals surface area contributed by atoms with Crippen LogP contribution in [0.3, 0.4) is 0 Å². The van der Waals surface area contributed by atoms with Crippen molar-refractivity contribution in [3.63, 3.8) is 0 Å². The molecule has 1 amide bonds. The van der Waals surface area contributed by atoms with Crippen LogP contribution in [0, 0.1) is 0 Å². The first-order valence-electron chi connectivity index (χ1n) is 7.20. The first kappa shape index (κ1) is 18.1. The zero-order valence-corrected chi connectivity index (χ0v) is 13.6. The molecule has 0 saturated heterocycles. The molecule has 3 rings (SSSR count). The fourth-order valence-electron chi connectivity index (χ4n) is 2.47. The van der Waals surface area contributed by atoms with Gasteiger partial charge in [-0.25, -0.2) is 0 Å². The Kier molecular flexibility index (Phi) is 5.03. The highest BCUT2D eigenvalue weighted by Crippen LogP contribution is 2.37. The molecular weight excluding hydrogens is 378 g/mol. The van der Waals surface area contributed by atoms with Gasteiger partial charge in [-0.1, -0.05) is 17.7 Å². The number of rotatable bonds is 5. The van der Waals surface area contributed by atoms with E-state index in [1.807, 2.05) is 0 Å². The summed E-state index contributed by atoms with van der Waals surface area (Å²) in [7, 11) is 0. The second-order valence-corrected chi connectivity index (χ2v) is 5.60. The van der Waals surface area contributed by atoms with Crippen LogP contribution in [-0.4, -0.2) is 19.1 Å². The van der Waals surface area contributed by atoms with E-state index in [0.29, 0.717) is 16.3 Å². The molecule has 0 unspecified atom stereocenters. The van der Waals surface area contributed by atoms with Gasteiger partial charge in [0.25, 0.3) is 5.91 Å². The summed E-state index contributed by atoms with van der Waals surface area (Å²) < 4.78 is 58.4. The monoisotopic (exact) mass is 387 g/mol. The van der Waals surface area contributed by atoms with Crippen molar-refractivity contribution in [2.24, 2.45) is 0 Å². The van der Waals surface area contributed by atoms with Gasteiger partial charge in [0.2, 0.25) is 0 Å². The topological polar surface area (TPSA) is 47.6 Å². The van der Waals surface area contributed by atoms with Gasteiger partial charge in [-0.3, -0.25) is 4.79 Å². The Morgan fingerprint density at radius 1 is 1.00 bits per heavy atom. The average molecular weight is 388 g/mol. The molecular formula is C17H10ClF4NO3. The van der Waals surface area contributed by atoms with Gasteiger partial charge in [-0.15, -0.1) is 0 Å². The lowest BCUT2D eigenvalue weighted by molar-refractivity contribution is -0.110. The number of amides is 1. The average Bonchev–Trinajstić information content (AvgIpc) is 2.83. The van der Waals surface area contributed by atoms with Crippen LogP contribution < -0.4 is 14.8 Å². The third kappa shape index (κ3) is 3.91. The summed E-state index contributed by atoms with van der Waals surface area (Å²) in [6, 6.07) is 8.02. The number of carbonyl (C=O) groups is 1. The highest BCUT2D eigenvalue weighted by Gasteiger charge is 2.25. The van der Waals surface area contributed by atoms with E-state index in [1.165, 1.54) is 12.1 Å². The Morgan fingerprint density at radius 2 is 1.73 bits per heavy atom. The van der Waals surface area contributed by atoms with Crippen molar-refractivity contribution in [2.45, 2.75) is 13.2 Å². The number of carbonyl (C=O) groups excluding carboxylic acids is 1. The van der Waals surface area contributed by atoms with Crippen LogP contribution in [0.15, 0.2) is 36.4 Å². The number of halogens is 5. The molecule has 0 fully saturated rings. The van der Waals surface area contributed by atoms with Gasteiger partial charge in [0.05, 0.1) is 5.69 Å². The first-order valence-corrected chi connectivity index (χ1v) is 7.58. The van der Waals surface area contributed by atoms with Crippen molar-refractivity contribution in [1.29, 1.82) is 0 Å². The molecule has 1 heterocycles. The summed E-state index contributed by atoms with van der Waals surface area (Å²) >= 11 is 5.87. The Hall–Kier alpha value is -2.74. The Balaban J connectivity index is 2.03. The molecule has 2 aromatic rings. The molecule has 1 N–H and O–H groups in total. The lowest BCUT2D eigenvalue weighted by atomic mass is 10.0. The number of hydrogen-bond donors (Lipinski definition) is 1. The minimum atomic E-state index is -3.18. The van der Waals surface area contributed by atoms with E-state index >= 15 is 0 Å². The molecule has 0 aromatic heterocycles. The van der Waals surface area contributed by atoms with Gasteiger partial charge in [-0.2, -0.15) is 17.6 Å². The molecule has 136 valence electrons. The molecule has 2 aromatic carbocycles. The van der Waals surface area contributed by atoms with Crippen molar-refractivity contribution < 1.29 is 31.8 Å². The predicted octanol–water partition coefficient (Wildman–Crippen LogP) is 5.04. The van der Waals surface area contributed by atoms with Crippen molar-refractivity contribution in [3.05, 3.63) is 52.5 Å². The van der Waals surface area contributed by atoms with Crippen LogP contribution in [-0.2, 0) is 4.79 Å². The molecule has 0 atom stereocenters.